The molecule has 0 radical (unpaired) electrons. The van der Waals surface area contributed by atoms with Gasteiger partial charge in [0.15, 0.2) is 0 Å². The molecule has 0 aliphatic carbocycles. The second kappa shape index (κ2) is 2.10. The van der Waals surface area contributed by atoms with Crippen molar-refractivity contribution in [1.82, 2.24) is 0 Å². The second-order valence-corrected chi connectivity index (χ2v) is 1.92. The van der Waals surface area contributed by atoms with Crippen LogP contribution in [0.25, 0.3) is 0 Å². The average Bonchev–Trinajstić information content (AvgIpc) is 1.72. The van der Waals surface area contributed by atoms with Gasteiger partial charge in [-0.2, -0.15) is 0 Å². The summed E-state index contributed by atoms with van der Waals surface area (Å²) in [6.07, 6.45) is 0. The van der Waals surface area contributed by atoms with Gasteiger partial charge in [0.05, 0.1) is 0 Å². The predicted molar refractivity (Wildman–Crippen MR) is 30.3 cm³/mol. The van der Waals surface area contributed by atoms with E-state index in [1.165, 1.54) is 8.07 Å². The summed E-state index contributed by atoms with van der Waals surface area (Å²) in [5, 5.41) is 0. The van der Waals surface area contributed by atoms with Crippen LogP contribution in [0.5, 0.6) is 0 Å². The quantitative estimate of drug-likeness (QED) is 0.458. The Morgan fingerprint density at radius 3 is 2.50 bits per heavy atom. The van der Waals surface area contributed by atoms with E-state index in [0.717, 1.165) is 0 Å². The molecule has 0 aromatic carbocycles. The van der Waals surface area contributed by atoms with Crippen molar-refractivity contribution < 1.29 is 0 Å². The number of hydrogen-bond donors (Lipinski definition) is 0. The third-order valence-electron chi connectivity index (χ3n) is 0.566. The van der Waals surface area contributed by atoms with Crippen molar-refractivity contribution in [3.8, 4) is 0 Å². The Morgan fingerprint density at radius 2 is 2.33 bits per heavy atom. The van der Waals surface area contributed by atoms with Crippen LogP contribution in [-0.4, -0.2) is 6.62 Å². The summed E-state index contributed by atoms with van der Waals surface area (Å²) in [4.78, 5) is 0. The second-order valence-electron chi connectivity index (χ2n) is 1.02. The van der Waals surface area contributed by atoms with Crippen LogP contribution in [0.1, 0.15) is 0 Å². The third-order valence-corrected chi connectivity index (χ3v) is 1.26. The minimum atomic E-state index is 1.31. The van der Waals surface area contributed by atoms with Crippen LogP contribution in [0.3, 0.4) is 0 Å². The molecule has 1 aromatic rings. The maximum absolute atomic E-state index is 2.10. The molecule has 0 spiro atoms. The Kier molecular flexibility index (Phi) is 1.40. The zero-order valence-electron chi connectivity index (χ0n) is 3.33. The molecular weight excluding hydrogens is 89.8 g/mol. The van der Waals surface area contributed by atoms with Gasteiger partial charge in [0, 0.05) is 0 Å². The summed E-state index contributed by atoms with van der Waals surface area (Å²) >= 11 is 0. The van der Waals surface area contributed by atoms with E-state index in [9.17, 15) is 0 Å². The molecule has 28 valence electrons. The molecule has 0 amide bonds. The standard InChI is InChI=1S/C4H4BP/c1-2-4-6-5-3-1/h1-4H. The van der Waals surface area contributed by atoms with Crippen LogP contribution >= 0.6 is 8.07 Å². The first-order valence-electron chi connectivity index (χ1n) is 1.85. The molecule has 1 aromatic heterocycles. The molecule has 0 fully saturated rings. The van der Waals surface area contributed by atoms with E-state index in [0.29, 0.717) is 0 Å². The van der Waals surface area contributed by atoms with Crippen LogP contribution in [0.2, 0.25) is 0 Å². The summed E-state index contributed by atoms with van der Waals surface area (Å²) < 4.78 is 0. The van der Waals surface area contributed by atoms with Crippen LogP contribution in [-0.2, 0) is 0 Å². The third kappa shape index (κ3) is 0.911. The van der Waals surface area contributed by atoms with E-state index in [1.54, 1.807) is 0 Å². The van der Waals surface area contributed by atoms with Gasteiger partial charge in [0.1, 0.15) is 0 Å². The van der Waals surface area contributed by atoms with E-state index in [-0.39, 0.29) is 0 Å². The van der Waals surface area contributed by atoms with Gasteiger partial charge < -0.3 is 0 Å². The molecule has 0 saturated heterocycles. The van der Waals surface area contributed by atoms with Crippen molar-refractivity contribution in [2.24, 2.45) is 0 Å². The molecule has 0 saturated carbocycles. The first kappa shape index (κ1) is 4.02. The Labute approximate surface area is 39.5 Å². The molecular formula is C4H4BP. The van der Waals surface area contributed by atoms with E-state index < -0.39 is 0 Å². The fraction of sp³-hybridized carbons (Fsp3) is 0. The van der Waals surface area contributed by atoms with Gasteiger partial charge in [-0.3, -0.25) is 0 Å². The van der Waals surface area contributed by atoms with Gasteiger partial charge in [0.25, 0.3) is 0 Å². The SMILES string of the molecule is b1ccccp1. The van der Waals surface area contributed by atoms with Crippen molar-refractivity contribution in [2.75, 3.05) is 0 Å². The van der Waals surface area contributed by atoms with Gasteiger partial charge in [-0.05, 0) is 0 Å². The summed E-state index contributed by atoms with van der Waals surface area (Å²) in [5.41, 5.74) is 0. The molecule has 0 unspecified atom stereocenters. The first-order chi connectivity index (χ1) is 3.00. The van der Waals surface area contributed by atoms with Gasteiger partial charge in [0.2, 0.25) is 0 Å². The van der Waals surface area contributed by atoms with Crippen molar-refractivity contribution in [2.45, 2.75) is 0 Å². The molecule has 2 heteroatoms. The summed E-state index contributed by atoms with van der Waals surface area (Å²) in [6.45, 7) is 2.10. The van der Waals surface area contributed by atoms with Crippen LogP contribution < -0.4 is 0 Å². The molecule has 1 heterocycles. The van der Waals surface area contributed by atoms with Gasteiger partial charge >= 0.3 is 38.6 Å². The van der Waals surface area contributed by atoms with Crippen molar-refractivity contribution in [1.29, 1.82) is 0 Å². The first-order valence-corrected chi connectivity index (χ1v) is 2.88. The Hall–Kier alpha value is -0.155. The van der Waals surface area contributed by atoms with Gasteiger partial charge in [-0.15, -0.1) is 0 Å². The van der Waals surface area contributed by atoms with E-state index in [4.69, 9.17) is 0 Å². The Morgan fingerprint density at radius 1 is 1.33 bits per heavy atom. The van der Waals surface area contributed by atoms with E-state index in [2.05, 4.69) is 12.4 Å². The van der Waals surface area contributed by atoms with Crippen molar-refractivity contribution in [3.05, 3.63) is 23.9 Å². The van der Waals surface area contributed by atoms with E-state index in [1.807, 2.05) is 18.1 Å². The Bertz CT molecular complexity index is 79.5. The van der Waals surface area contributed by atoms with Crippen LogP contribution in [0, 0.1) is 0 Å². The fourth-order valence-corrected chi connectivity index (χ4v) is 0.810. The molecule has 0 aliphatic rings. The zero-order chi connectivity index (χ0) is 4.24. The molecule has 0 atom stereocenters. The Balaban J connectivity index is 3.00. The monoisotopic (exact) mass is 94.0 g/mol. The van der Waals surface area contributed by atoms with Crippen LogP contribution in [0.15, 0.2) is 23.9 Å². The molecule has 0 N–H and O–H groups in total. The normalized spacial score (nSPS) is 8.67. The van der Waals surface area contributed by atoms with E-state index >= 15 is 0 Å². The molecule has 0 nitrogen and oxygen atoms in total. The van der Waals surface area contributed by atoms with Crippen LogP contribution in [0.4, 0.5) is 0 Å². The average molecular weight is 93.9 g/mol. The topological polar surface area (TPSA) is 0 Å². The summed E-state index contributed by atoms with van der Waals surface area (Å²) in [7, 11) is 1.31. The minimum absolute atomic E-state index is 1.31. The van der Waals surface area contributed by atoms with Gasteiger partial charge in [-0.1, -0.05) is 0 Å². The molecule has 1 rings (SSSR count). The maximum atomic E-state index is 2.10. The molecule has 6 heavy (non-hydrogen) atoms. The molecule has 0 aliphatic heterocycles. The summed E-state index contributed by atoms with van der Waals surface area (Å²) in [6, 6.07) is 4.07. The summed E-state index contributed by atoms with van der Waals surface area (Å²) in [5.74, 6) is 4.14. The molecule has 0 bridgehead atoms. The number of hydrogen-bond acceptors (Lipinski definition) is 0. The van der Waals surface area contributed by atoms with Crippen molar-refractivity contribution in [3.63, 3.8) is 0 Å². The van der Waals surface area contributed by atoms with Crippen molar-refractivity contribution >= 4 is 14.7 Å². The fourth-order valence-electron chi connectivity index (χ4n) is 0.313. The van der Waals surface area contributed by atoms with Gasteiger partial charge in [-0.25, -0.2) is 0 Å². The zero-order valence-corrected chi connectivity index (χ0v) is 4.23. The number of rotatable bonds is 0. The predicted octanol–water partition coefficient (Wildman–Crippen LogP) is 1.60.